The van der Waals surface area contributed by atoms with Gasteiger partial charge in [-0.2, -0.15) is 0 Å². The standard InChI is InChI=1S/C13H17F2NO/c1-12(14,15)9-3-4-11(17-2)10(7-9)13(8-16)5-6-13/h3-4,7H,5-6,8,16H2,1-2H3. The van der Waals surface area contributed by atoms with Gasteiger partial charge in [0.2, 0.25) is 0 Å². The predicted octanol–water partition coefficient (Wildman–Crippen LogP) is 2.80. The number of nitrogens with two attached hydrogens (primary N) is 1. The summed E-state index contributed by atoms with van der Waals surface area (Å²) in [5.41, 5.74) is 6.44. The summed E-state index contributed by atoms with van der Waals surface area (Å²) in [5.74, 6) is -2.17. The molecule has 0 unspecified atom stereocenters. The van der Waals surface area contributed by atoms with Crippen LogP contribution >= 0.6 is 0 Å². The first kappa shape index (κ1) is 12.3. The smallest absolute Gasteiger partial charge is 0.270 e. The zero-order chi connectivity index (χ0) is 12.7. The fourth-order valence-electron chi connectivity index (χ4n) is 2.13. The second-order valence-corrected chi connectivity index (χ2v) is 4.79. The molecule has 0 saturated heterocycles. The third kappa shape index (κ3) is 2.14. The summed E-state index contributed by atoms with van der Waals surface area (Å²) in [6.07, 6.45) is 1.89. The molecule has 2 N–H and O–H groups in total. The first-order chi connectivity index (χ1) is 7.93. The van der Waals surface area contributed by atoms with Gasteiger partial charge in [0.1, 0.15) is 5.75 Å². The van der Waals surface area contributed by atoms with Crippen molar-refractivity contribution in [3.05, 3.63) is 29.3 Å². The molecule has 0 aliphatic heterocycles. The van der Waals surface area contributed by atoms with Crippen molar-refractivity contribution in [1.82, 2.24) is 0 Å². The Morgan fingerprint density at radius 3 is 2.47 bits per heavy atom. The summed E-state index contributed by atoms with van der Waals surface area (Å²) >= 11 is 0. The Balaban J connectivity index is 2.48. The molecule has 1 aliphatic rings. The van der Waals surface area contributed by atoms with Gasteiger partial charge < -0.3 is 10.5 Å². The normalized spacial score (nSPS) is 17.9. The summed E-state index contributed by atoms with van der Waals surface area (Å²) in [6.45, 7) is 1.38. The summed E-state index contributed by atoms with van der Waals surface area (Å²) in [6, 6.07) is 4.56. The van der Waals surface area contributed by atoms with Gasteiger partial charge in [-0.15, -0.1) is 0 Å². The maximum absolute atomic E-state index is 13.3. The van der Waals surface area contributed by atoms with Gasteiger partial charge in [0.25, 0.3) is 5.92 Å². The molecule has 1 aliphatic carbocycles. The maximum Gasteiger partial charge on any atom is 0.270 e. The van der Waals surface area contributed by atoms with E-state index in [2.05, 4.69) is 0 Å². The Morgan fingerprint density at radius 2 is 2.06 bits per heavy atom. The van der Waals surface area contributed by atoms with Crippen LogP contribution in [0.25, 0.3) is 0 Å². The minimum Gasteiger partial charge on any atom is -0.496 e. The van der Waals surface area contributed by atoms with Gasteiger partial charge in [0.05, 0.1) is 7.11 Å². The van der Waals surface area contributed by atoms with E-state index in [1.54, 1.807) is 19.2 Å². The zero-order valence-corrected chi connectivity index (χ0v) is 10.1. The summed E-state index contributed by atoms with van der Waals surface area (Å²) in [5, 5.41) is 0. The SMILES string of the molecule is COc1ccc(C(C)(F)F)cc1C1(CN)CC1. The predicted molar refractivity (Wildman–Crippen MR) is 62.5 cm³/mol. The van der Waals surface area contributed by atoms with E-state index in [0.29, 0.717) is 12.3 Å². The van der Waals surface area contributed by atoms with Crippen molar-refractivity contribution in [2.24, 2.45) is 5.73 Å². The molecule has 0 amide bonds. The highest BCUT2D eigenvalue weighted by Gasteiger charge is 2.45. The van der Waals surface area contributed by atoms with Crippen molar-refractivity contribution in [2.45, 2.75) is 31.1 Å². The number of hydrogen-bond acceptors (Lipinski definition) is 2. The van der Waals surface area contributed by atoms with E-state index in [-0.39, 0.29) is 11.0 Å². The summed E-state index contributed by atoms with van der Waals surface area (Å²) < 4.78 is 31.9. The molecule has 1 aromatic carbocycles. The molecule has 0 radical (unpaired) electrons. The van der Waals surface area contributed by atoms with Gasteiger partial charge in [-0.05, 0) is 31.0 Å². The summed E-state index contributed by atoms with van der Waals surface area (Å²) in [7, 11) is 1.55. The van der Waals surface area contributed by atoms with Crippen LogP contribution in [0.15, 0.2) is 18.2 Å². The second kappa shape index (κ2) is 3.95. The molecule has 0 heterocycles. The monoisotopic (exact) mass is 241 g/mol. The van der Waals surface area contributed by atoms with E-state index in [1.165, 1.54) is 6.07 Å². The first-order valence-corrected chi connectivity index (χ1v) is 5.70. The van der Waals surface area contributed by atoms with Crippen molar-refractivity contribution in [1.29, 1.82) is 0 Å². The Morgan fingerprint density at radius 1 is 1.41 bits per heavy atom. The Labute approximate surface area is 99.8 Å². The number of benzene rings is 1. The van der Waals surface area contributed by atoms with E-state index in [1.807, 2.05) is 0 Å². The van der Waals surface area contributed by atoms with Crippen LogP contribution in [0.5, 0.6) is 5.75 Å². The second-order valence-electron chi connectivity index (χ2n) is 4.79. The molecule has 1 saturated carbocycles. The topological polar surface area (TPSA) is 35.2 Å². The molecular weight excluding hydrogens is 224 g/mol. The van der Waals surface area contributed by atoms with Crippen molar-refractivity contribution >= 4 is 0 Å². The molecule has 1 aromatic rings. The fourth-order valence-corrected chi connectivity index (χ4v) is 2.13. The highest BCUT2D eigenvalue weighted by atomic mass is 19.3. The van der Waals surface area contributed by atoms with Crippen molar-refractivity contribution in [3.8, 4) is 5.75 Å². The lowest BCUT2D eigenvalue weighted by Crippen LogP contribution is -2.21. The highest BCUT2D eigenvalue weighted by Crippen LogP contribution is 2.51. The van der Waals surface area contributed by atoms with Crippen LogP contribution in [0.3, 0.4) is 0 Å². The van der Waals surface area contributed by atoms with Crippen LogP contribution in [0.2, 0.25) is 0 Å². The Kier molecular flexibility index (Phi) is 2.86. The Hall–Kier alpha value is -1.16. The maximum atomic E-state index is 13.3. The molecule has 94 valence electrons. The average Bonchev–Trinajstić information content (AvgIpc) is 3.08. The highest BCUT2D eigenvalue weighted by molar-refractivity contribution is 5.46. The number of methoxy groups -OCH3 is 1. The first-order valence-electron chi connectivity index (χ1n) is 5.70. The van der Waals surface area contributed by atoms with Gasteiger partial charge in [0.15, 0.2) is 0 Å². The van der Waals surface area contributed by atoms with Gasteiger partial charge in [-0.25, -0.2) is 8.78 Å². The van der Waals surface area contributed by atoms with Gasteiger partial charge in [-0.1, -0.05) is 0 Å². The van der Waals surface area contributed by atoms with Gasteiger partial charge in [-0.3, -0.25) is 0 Å². The van der Waals surface area contributed by atoms with E-state index in [0.717, 1.165) is 25.3 Å². The molecular formula is C13H17F2NO. The molecule has 2 rings (SSSR count). The minimum atomic E-state index is -2.83. The molecule has 0 atom stereocenters. The number of ether oxygens (including phenoxy) is 1. The van der Waals surface area contributed by atoms with Crippen molar-refractivity contribution in [3.63, 3.8) is 0 Å². The average molecular weight is 241 g/mol. The fraction of sp³-hybridized carbons (Fsp3) is 0.538. The lowest BCUT2D eigenvalue weighted by atomic mass is 9.92. The molecule has 0 spiro atoms. The lowest BCUT2D eigenvalue weighted by molar-refractivity contribution is 0.0173. The molecule has 1 fully saturated rings. The number of halogens is 2. The quantitative estimate of drug-likeness (QED) is 0.879. The van der Waals surface area contributed by atoms with Crippen LogP contribution in [-0.4, -0.2) is 13.7 Å². The summed E-state index contributed by atoms with van der Waals surface area (Å²) in [4.78, 5) is 0. The molecule has 0 bridgehead atoms. The van der Waals surface area contributed by atoms with Crippen LogP contribution in [0.4, 0.5) is 8.78 Å². The van der Waals surface area contributed by atoms with E-state index in [9.17, 15) is 8.78 Å². The number of rotatable bonds is 4. The molecule has 17 heavy (non-hydrogen) atoms. The largest absolute Gasteiger partial charge is 0.496 e. The molecule has 2 nitrogen and oxygen atoms in total. The zero-order valence-electron chi connectivity index (χ0n) is 10.1. The molecule has 4 heteroatoms. The van der Waals surface area contributed by atoms with E-state index < -0.39 is 5.92 Å². The van der Waals surface area contributed by atoms with Gasteiger partial charge in [0, 0.05) is 30.0 Å². The van der Waals surface area contributed by atoms with E-state index in [4.69, 9.17) is 10.5 Å². The minimum absolute atomic E-state index is 0.0213. The van der Waals surface area contributed by atoms with Crippen LogP contribution < -0.4 is 10.5 Å². The van der Waals surface area contributed by atoms with Crippen molar-refractivity contribution in [2.75, 3.05) is 13.7 Å². The third-order valence-electron chi connectivity index (χ3n) is 3.52. The van der Waals surface area contributed by atoms with Crippen LogP contribution in [0, 0.1) is 0 Å². The van der Waals surface area contributed by atoms with Crippen LogP contribution in [0.1, 0.15) is 30.9 Å². The van der Waals surface area contributed by atoms with Crippen molar-refractivity contribution < 1.29 is 13.5 Å². The Bertz CT molecular complexity index is 422. The van der Waals surface area contributed by atoms with Gasteiger partial charge >= 0.3 is 0 Å². The number of alkyl halides is 2. The molecule has 0 aromatic heterocycles. The van der Waals surface area contributed by atoms with E-state index >= 15 is 0 Å². The van der Waals surface area contributed by atoms with Crippen LogP contribution in [-0.2, 0) is 11.3 Å². The lowest BCUT2D eigenvalue weighted by Gasteiger charge is -2.20. The number of hydrogen-bond donors (Lipinski definition) is 1. The third-order valence-corrected chi connectivity index (χ3v) is 3.52.